The van der Waals surface area contributed by atoms with Gasteiger partial charge in [0.05, 0.1) is 11.8 Å². The van der Waals surface area contributed by atoms with Crippen LogP contribution in [0.25, 0.3) is 0 Å². The Kier molecular flexibility index (Phi) is 8.10. The Morgan fingerprint density at radius 2 is 1.79 bits per heavy atom. The molecule has 5 rings (SSSR count). The fourth-order valence-electron chi connectivity index (χ4n) is 8.08. The van der Waals surface area contributed by atoms with Crippen molar-refractivity contribution in [3.63, 3.8) is 0 Å². The van der Waals surface area contributed by atoms with Crippen LogP contribution in [-0.2, 0) is 53.0 Å². The van der Waals surface area contributed by atoms with Crippen molar-refractivity contribution in [1.82, 2.24) is 0 Å². The van der Waals surface area contributed by atoms with E-state index in [1.807, 2.05) is 13.8 Å². The van der Waals surface area contributed by atoms with Gasteiger partial charge in [-0.2, -0.15) is 17.2 Å². The maximum absolute atomic E-state index is 13.7. The number of alkyl halides is 2. The molecule has 4 aliphatic carbocycles. The summed E-state index contributed by atoms with van der Waals surface area (Å²) < 4.78 is 83.6. The summed E-state index contributed by atoms with van der Waals surface area (Å²) in [6.07, 6.45) is 1.39. The standard InChI is InChI=1S/C27H36F2O12S/c1-4-26(3,17-8-13-5-6-14(17)7-13)41-25(33)21-16-9-15-20(21)24(32)40-23(15)22(16)39-19(31)11-37-10-18(30)38-12(2)27(28,29)42(34,35)36/h12-17,20-23H,4-11H2,1-3H3,(H,34,35,36). The second kappa shape index (κ2) is 11.0. The number of esters is 4. The van der Waals surface area contributed by atoms with Gasteiger partial charge in [-0.25, -0.2) is 9.59 Å². The summed E-state index contributed by atoms with van der Waals surface area (Å²) in [5, 5.41) is -4.75. The smallest absolute Gasteiger partial charge is 0.405 e. The fraction of sp³-hybridized carbons (Fsp3) is 0.852. The molecule has 11 unspecified atom stereocenters. The molecule has 12 nitrogen and oxygen atoms in total. The number of carbonyl (C=O) groups is 4. The van der Waals surface area contributed by atoms with E-state index in [2.05, 4.69) is 4.74 Å². The first kappa shape index (κ1) is 31.0. The largest absolute Gasteiger partial charge is 0.459 e. The predicted molar refractivity (Wildman–Crippen MR) is 135 cm³/mol. The molecule has 4 bridgehead atoms. The van der Waals surface area contributed by atoms with Gasteiger partial charge < -0.3 is 23.7 Å². The molecular weight excluding hydrogens is 586 g/mol. The van der Waals surface area contributed by atoms with Crippen molar-refractivity contribution in [1.29, 1.82) is 0 Å². The minimum Gasteiger partial charge on any atom is -0.459 e. The van der Waals surface area contributed by atoms with E-state index in [0.717, 1.165) is 19.3 Å². The molecule has 15 heteroatoms. The van der Waals surface area contributed by atoms with Crippen molar-refractivity contribution in [2.75, 3.05) is 13.2 Å². The van der Waals surface area contributed by atoms with E-state index in [4.69, 9.17) is 23.5 Å². The van der Waals surface area contributed by atoms with Gasteiger partial charge in [0, 0.05) is 17.8 Å². The quantitative estimate of drug-likeness (QED) is 0.192. The van der Waals surface area contributed by atoms with Crippen LogP contribution in [0.15, 0.2) is 0 Å². The van der Waals surface area contributed by atoms with E-state index >= 15 is 0 Å². The Morgan fingerprint density at radius 1 is 1.10 bits per heavy atom. The van der Waals surface area contributed by atoms with Gasteiger partial charge in [0.1, 0.15) is 31.0 Å². The highest BCUT2D eigenvalue weighted by Gasteiger charge is 2.70. The minimum absolute atomic E-state index is 0.256. The summed E-state index contributed by atoms with van der Waals surface area (Å²) in [5.74, 6) is -4.28. The highest BCUT2D eigenvalue weighted by molar-refractivity contribution is 7.86. The van der Waals surface area contributed by atoms with Crippen molar-refractivity contribution >= 4 is 34.0 Å². The van der Waals surface area contributed by atoms with Crippen LogP contribution in [-0.4, -0.2) is 79.2 Å². The molecule has 4 saturated carbocycles. The van der Waals surface area contributed by atoms with E-state index in [0.29, 0.717) is 31.6 Å². The first-order valence-corrected chi connectivity index (χ1v) is 15.8. The van der Waals surface area contributed by atoms with Crippen LogP contribution in [0.1, 0.15) is 59.3 Å². The molecule has 11 atom stereocenters. The number of hydrogen-bond acceptors (Lipinski definition) is 11. The number of halogens is 2. The summed E-state index contributed by atoms with van der Waals surface area (Å²) in [4.78, 5) is 50.7. The van der Waals surface area contributed by atoms with Crippen molar-refractivity contribution in [3.8, 4) is 0 Å². The summed E-state index contributed by atoms with van der Waals surface area (Å²) in [7, 11) is -5.83. The maximum atomic E-state index is 13.7. The van der Waals surface area contributed by atoms with Crippen molar-refractivity contribution < 1.29 is 64.6 Å². The third-order valence-corrected chi connectivity index (χ3v) is 11.2. The lowest BCUT2D eigenvalue weighted by Crippen LogP contribution is -2.48. The molecule has 1 aliphatic heterocycles. The minimum atomic E-state index is -5.83. The van der Waals surface area contributed by atoms with Gasteiger partial charge in [-0.1, -0.05) is 13.3 Å². The molecule has 0 radical (unpaired) electrons. The van der Waals surface area contributed by atoms with Crippen LogP contribution < -0.4 is 0 Å². The van der Waals surface area contributed by atoms with Crippen LogP contribution >= 0.6 is 0 Å². The van der Waals surface area contributed by atoms with Crippen LogP contribution in [0, 0.1) is 41.4 Å². The van der Waals surface area contributed by atoms with Crippen LogP contribution in [0.5, 0.6) is 0 Å². The molecule has 236 valence electrons. The first-order valence-electron chi connectivity index (χ1n) is 14.3. The lowest BCUT2D eigenvalue weighted by Gasteiger charge is -2.41. The Bertz CT molecular complexity index is 1240. The number of ether oxygens (including phenoxy) is 5. The lowest BCUT2D eigenvalue weighted by atomic mass is 9.75. The molecule has 0 amide bonds. The zero-order valence-corrected chi connectivity index (χ0v) is 24.3. The molecule has 42 heavy (non-hydrogen) atoms. The van der Waals surface area contributed by atoms with Crippen LogP contribution in [0.4, 0.5) is 8.78 Å². The Hall–Kier alpha value is -2.39. The molecule has 1 saturated heterocycles. The zero-order valence-electron chi connectivity index (χ0n) is 23.5. The molecule has 5 aliphatic rings. The average Bonchev–Trinajstić information content (AvgIpc) is 3.71. The third-order valence-electron chi connectivity index (χ3n) is 10.2. The highest BCUT2D eigenvalue weighted by atomic mass is 32.2. The van der Waals surface area contributed by atoms with E-state index in [9.17, 15) is 36.4 Å². The average molecular weight is 623 g/mol. The summed E-state index contributed by atoms with van der Waals surface area (Å²) >= 11 is 0. The normalized spacial score (nSPS) is 36.8. The Balaban J connectivity index is 1.16. The molecule has 0 spiro atoms. The van der Waals surface area contributed by atoms with Gasteiger partial charge in [0.25, 0.3) is 0 Å². The second-order valence-corrected chi connectivity index (χ2v) is 14.0. The fourth-order valence-corrected chi connectivity index (χ4v) is 8.55. The van der Waals surface area contributed by atoms with Gasteiger partial charge in [-0.05, 0) is 57.8 Å². The molecule has 1 heterocycles. The SMILES string of the molecule is CCC(C)(OC(=O)C1C2CC3C(OC(=O)C31)C2OC(=O)COCC(=O)OC(C)C(F)(F)S(=O)(=O)O)C1CC2CCC1C2. The number of hydrogen-bond donors (Lipinski definition) is 1. The van der Waals surface area contributed by atoms with Gasteiger partial charge in [-0.3, -0.25) is 14.1 Å². The third kappa shape index (κ3) is 5.29. The van der Waals surface area contributed by atoms with Crippen molar-refractivity contribution in [2.24, 2.45) is 41.4 Å². The van der Waals surface area contributed by atoms with Crippen LogP contribution in [0.3, 0.4) is 0 Å². The second-order valence-electron chi connectivity index (χ2n) is 12.5. The van der Waals surface area contributed by atoms with Gasteiger partial charge in [0.15, 0.2) is 6.10 Å². The Labute approximate surface area is 241 Å². The topological polar surface area (TPSA) is 169 Å². The van der Waals surface area contributed by atoms with Gasteiger partial charge in [-0.15, -0.1) is 0 Å². The summed E-state index contributed by atoms with van der Waals surface area (Å²) in [6, 6.07) is 0. The van der Waals surface area contributed by atoms with Crippen molar-refractivity contribution in [2.45, 2.75) is 88.5 Å². The zero-order chi connectivity index (χ0) is 30.8. The van der Waals surface area contributed by atoms with E-state index in [-0.39, 0.29) is 11.8 Å². The van der Waals surface area contributed by atoms with Gasteiger partial charge in [0.2, 0.25) is 0 Å². The molecule has 0 aromatic carbocycles. The number of fused-ring (bicyclic) bond motifs is 3. The molecule has 1 N–H and O–H groups in total. The summed E-state index contributed by atoms with van der Waals surface area (Å²) in [5.41, 5.74) is -0.669. The molecule has 5 fully saturated rings. The first-order chi connectivity index (χ1) is 19.6. The van der Waals surface area contributed by atoms with E-state index in [1.165, 1.54) is 6.42 Å². The lowest BCUT2D eigenvalue weighted by molar-refractivity contribution is -0.182. The van der Waals surface area contributed by atoms with E-state index in [1.54, 1.807) is 0 Å². The number of carbonyl (C=O) groups excluding carboxylic acids is 4. The molecule has 0 aromatic rings. The van der Waals surface area contributed by atoms with E-state index < -0.39 is 94.1 Å². The van der Waals surface area contributed by atoms with Crippen molar-refractivity contribution in [3.05, 3.63) is 0 Å². The molecule has 0 aromatic heterocycles. The molecular formula is C27H36F2O12S. The Morgan fingerprint density at radius 3 is 2.38 bits per heavy atom. The summed E-state index contributed by atoms with van der Waals surface area (Å²) in [6.45, 7) is 2.72. The monoisotopic (exact) mass is 622 g/mol. The number of rotatable bonds is 12. The van der Waals surface area contributed by atoms with Gasteiger partial charge >= 0.3 is 39.2 Å². The predicted octanol–water partition coefficient (Wildman–Crippen LogP) is 2.28. The highest BCUT2D eigenvalue weighted by Crippen LogP contribution is 2.60. The maximum Gasteiger partial charge on any atom is 0.405 e. The van der Waals surface area contributed by atoms with Crippen LogP contribution in [0.2, 0.25) is 0 Å².